The van der Waals surface area contributed by atoms with Crippen molar-refractivity contribution in [3.05, 3.63) is 17.8 Å². The maximum absolute atomic E-state index is 11.3. The molecule has 1 heterocycles. The molecule has 0 bridgehead atoms. The van der Waals surface area contributed by atoms with E-state index in [1.807, 2.05) is 13.0 Å². The van der Waals surface area contributed by atoms with Gasteiger partial charge in [-0.2, -0.15) is 0 Å². The van der Waals surface area contributed by atoms with Gasteiger partial charge in [0.2, 0.25) is 0 Å². The van der Waals surface area contributed by atoms with Crippen molar-refractivity contribution in [3.63, 3.8) is 0 Å². The fourth-order valence-corrected chi connectivity index (χ4v) is 2.93. The van der Waals surface area contributed by atoms with Gasteiger partial charge in [0.1, 0.15) is 0 Å². The zero-order chi connectivity index (χ0) is 13.2. The monoisotopic (exact) mass is 266 g/mol. The molecule has 0 saturated heterocycles. The molecular formula is C13H18N2O2S. The van der Waals surface area contributed by atoms with Crippen LogP contribution in [-0.4, -0.2) is 23.8 Å². The minimum absolute atomic E-state index is 0.121. The Morgan fingerprint density at radius 1 is 1.61 bits per heavy atom. The number of anilines is 1. The van der Waals surface area contributed by atoms with Crippen molar-refractivity contribution in [1.29, 1.82) is 0 Å². The minimum Gasteiger partial charge on any atom is -0.469 e. The van der Waals surface area contributed by atoms with Crippen molar-refractivity contribution in [2.75, 3.05) is 18.6 Å². The number of esters is 1. The highest BCUT2D eigenvalue weighted by atomic mass is 32.2. The summed E-state index contributed by atoms with van der Waals surface area (Å²) in [6.45, 7) is 1.94. The number of nitrogen functional groups attached to an aromatic ring is 1. The van der Waals surface area contributed by atoms with Crippen LogP contribution in [0.1, 0.15) is 24.8 Å². The molecule has 0 radical (unpaired) electrons. The number of nitrogens with two attached hydrogens (primary N) is 1. The highest BCUT2D eigenvalue weighted by molar-refractivity contribution is 7.99. The fourth-order valence-electron chi connectivity index (χ4n) is 1.75. The third kappa shape index (κ3) is 3.16. The van der Waals surface area contributed by atoms with Crippen LogP contribution in [0.3, 0.4) is 0 Å². The van der Waals surface area contributed by atoms with Crippen molar-refractivity contribution in [3.8, 4) is 0 Å². The number of pyridine rings is 1. The number of nitrogens with zero attached hydrogens (tertiary/aromatic N) is 1. The third-order valence-corrected chi connectivity index (χ3v) is 4.63. The van der Waals surface area contributed by atoms with Crippen LogP contribution >= 0.6 is 11.8 Å². The number of aryl methyl sites for hydroxylation is 1. The second kappa shape index (κ2) is 5.18. The summed E-state index contributed by atoms with van der Waals surface area (Å²) in [5.74, 6) is 0.780. The van der Waals surface area contributed by atoms with E-state index in [1.165, 1.54) is 7.11 Å². The molecule has 0 amide bonds. The lowest BCUT2D eigenvalue weighted by atomic mass is 10.1. The van der Waals surface area contributed by atoms with E-state index in [0.717, 1.165) is 34.9 Å². The molecule has 0 spiro atoms. The normalized spacial score (nSPS) is 16.3. The summed E-state index contributed by atoms with van der Waals surface area (Å²) in [5.41, 5.74) is 7.74. The molecule has 1 saturated carbocycles. The van der Waals surface area contributed by atoms with E-state index in [0.29, 0.717) is 6.42 Å². The maximum Gasteiger partial charge on any atom is 0.306 e. The Balaban J connectivity index is 1.91. The lowest BCUT2D eigenvalue weighted by Gasteiger charge is -2.12. The minimum atomic E-state index is -0.121. The van der Waals surface area contributed by atoms with E-state index < -0.39 is 0 Å². The van der Waals surface area contributed by atoms with E-state index in [-0.39, 0.29) is 11.4 Å². The number of carbonyl (C=O) groups excluding carboxylic acids is 1. The van der Waals surface area contributed by atoms with Gasteiger partial charge < -0.3 is 10.5 Å². The number of rotatable bonds is 5. The Bertz CT molecular complexity index is 458. The van der Waals surface area contributed by atoms with Crippen LogP contribution in [0.15, 0.2) is 17.3 Å². The van der Waals surface area contributed by atoms with Crippen LogP contribution in [0.25, 0.3) is 0 Å². The summed E-state index contributed by atoms with van der Waals surface area (Å²) in [4.78, 5) is 15.6. The quantitative estimate of drug-likeness (QED) is 0.655. The maximum atomic E-state index is 11.3. The van der Waals surface area contributed by atoms with Crippen molar-refractivity contribution in [2.45, 2.75) is 31.2 Å². The first-order chi connectivity index (χ1) is 8.54. The van der Waals surface area contributed by atoms with Crippen LogP contribution in [0.5, 0.6) is 0 Å². The highest BCUT2D eigenvalue weighted by Gasteiger charge is 2.44. The smallest absolute Gasteiger partial charge is 0.306 e. The molecule has 1 aromatic rings. The standard InChI is InChI=1S/C13H18N2O2S/c1-9-7-15-11(5-10(9)14)18-8-13(3-4-13)6-12(16)17-2/h5,7H,3-4,6,8H2,1-2H3,(H2,14,15). The first kappa shape index (κ1) is 13.2. The molecule has 1 fully saturated rings. The molecule has 98 valence electrons. The highest BCUT2D eigenvalue weighted by Crippen LogP contribution is 2.52. The summed E-state index contributed by atoms with van der Waals surface area (Å²) in [6, 6.07) is 1.90. The first-order valence-electron chi connectivity index (χ1n) is 5.96. The van der Waals surface area contributed by atoms with Gasteiger partial charge >= 0.3 is 5.97 Å². The Morgan fingerprint density at radius 3 is 2.89 bits per heavy atom. The molecule has 0 aliphatic heterocycles. The van der Waals surface area contributed by atoms with E-state index in [4.69, 9.17) is 10.5 Å². The number of thioether (sulfide) groups is 1. The Hall–Kier alpha value is -1.23. The van der Waals surface area contributed by atoms with Crippen molar-refractivity contribution in [2.24, 2.45) is 5.41 Å². The van der Waals surface area contributed by atoms with Crippen LogP contribution < -0.4 is 5.73 Å². The molecule has 2 N–H and O–H groups in total. The summed E-state index contributed by atoms with van der Waals surface area (Å²) in [7, 11) is 1.44. The fraction of sp³-hybridized carbons (Fsp3) is 0.538. The third-order valence-electron chi connectivity index (χ3n) is 3.35. The van der Waals surface area contributed by atoms with Crippen LogP contribution in [-0.2, 0) is 9.53 Å². The van der Waals surface area contributed by atoms with Crippen LogP contribution in [0.4, 0.5) is 5.69 Å². The second-order valence-corrected chi connectivity index (χ2v) is 5.92. The van der Waals surface area contributed by atoms with Gasteiger partial charge in [-0.3, -0.25) is 4.79 Å². The first-order valence-corrected chi connectivity index (χ1v) is 6.95. The van der Waals surface area contributed by atoms with Gasteiger partial charge in [-0.05, 0) is 36.8 Å². The van der Waals surface area contributed by atoms with Gasteiger partial charge in [0.15, 0.2) is 0 Å². The summed E-state index contributed by atoms with van der Waals surface area (Å²) in [5, 5.41) is 0.925. The molecule has 1 aliphatic carbocycles. The van der Waals surface area contributed by atoms with E-state index in [1.54, 1.807) is 18.0 Å². The lowest BCUT2D eigenvalue weighted by Crippen LogP contribution is -2.13. The SMILES string of the molecule is COC(=O)CC1(CSc2cc(N)c(C)cn2)CC1. The van der Waals surface area contributed by atoms with Crippen molar-refractivity contribution < 1.29 is 9.53 Å². The molecule has 1 aliphatic rings. The van der Waals surface area contributed by atoms with Gasteiger partial charge in [0.25, 0.3) is 0 Å². The summed E-state index contributed by atoms with van der Waals surface area (Å²) < 4.78 is 4.73. The number of aromatic nitrogens is 1. The number of ether oxygens (including phenoxy) is 1. The average Bonchev–Trinajstić information content (AvgIpc) is 3.11. The van der Waals surface area contributed by atoms with E-state index >= 15 is 0 Å². The van der Waals surface area contributed by atoms with Crippen molar-refractivity contribution >= 4 is 23.4 Å². The Labute approximate surface area is 111 Å². The lowest BCUT2D eigenvalue weighted by molar-refractivity contribution is -0.141. The van der Waals surface area contributed by atoms with Gasteiger partial charge in [0, 0.05) is 17.6 Å². The molecule has 0 atom stereocenters. The molecule has 0 aromatic carbocycles. The number of carbonyl (C=O) groups is 1. The van der Waals surface area contributed by atoms with Crippen molar-refractivity contribution in [1.82, 2.24) is 4.98 Å². The number of hydrogen-bond donors (Lipinski definition) is 1. The van der Waals surface area contributed by atoms with E-state index in [2.05, 4.69) is 4.98 Å². The topological polar surface area (TPSA) is 65.2 Å². The Morgan fingerprint density at radius 2 is 2.33 bits per heavy atom. The molecule has 2 rings (SSSR count). The molecule has 4 nitrogen and oxygen atoms in total. The predicted molar refractivity (Wildman–Crippen MR) is 72.4 cm³/mol. The molecule has 18 heavy (non-hydrogen) atoms. The molecular weight excluding hydrogens is 248 g/mol. The predicted octanol–water partition coefficient (Wildman–Crippen LogP) is 2.41. The zero-order valence-electron chi connectivity index (χ0n) is 10.7. The average molecular weight is 266 g/mol. The number of methoxy groups -OCH3 is 1. The second-order valence-electron chi connectivity index (χ2n) is 4.92. The van der Waals surface area contributed by atoms with Gasteiger partial charge in [-0.1, -0.05) is 0 Å². The molecule has 5 heteroatoms. The van der Waals surface area contributed by atoms with E-state index in [9.17, 15) is 4.79 Å². The van der Waals surface area contributed by atoms with Crippen LogP contribution in [0.2, 0.25) is 0 Å². The largest absolute Gasteiger partial charge is 0.469 e. The van der Waals surface area contributed by atoms with Gasteiger partial charge in [-0.25, -0.2) is 4.98 Å². The molecule has 1 aromatic heterocycles. The van der Waals surface area contributed by atoms with Gasteiger partial charge in [0.05, 0.1) is 18.6 Å². The van der Waals surface area contributed by atoms with Gasteiger partial charge in [-0.15, -0.1) is 11.8 Å². The summed E-state index contributed by atoms with van der Waals surface area (Å²) >= 11 is 1.67. The van der Waals surface area contributed by atoms with Crippen LogP contribution in [0, 0.1) is 12.3 Å². The number of hydrogen-bond acceptors (Lipinski definition) is 5. The zero-order valence-corrected chi connectivity index (χ0v) is 11.5. The molecule has 0 unspecified atom stereocenters. The Kier molecular flexibility index (Phi) is 3.80. The summed E-state index contributed by atoms with van der Waals surface area (Å²) in [6.07, 6.45) is 4.49.